The summed E-state index contributed by atoms with van der Waals surface area (Å²) in [4.78, 5) is 12.5. The molecule has 2 aromatic carbocycles. The predicted octanol–water partition coefficient (Wildman–Crippen LogP) is 3.33. The van der Waals surface area contributed by atoms with Crippen molar-refractivity contribution in [2.24, 2.45) is 10.2 Å². The molecule has 0 aliphatic heterocycles. The maximum atomic E-state index is 12.5. The molecule has 0 aliphatic carbocycles. The molecule has 5 heteroatoms. The Labute approximate surface area is 153 Å². The Morgan fingerprint density at radius 2 is 1.72 bits per heavy atom. The Bertz CT molecular complexity index is 843. The van der Waals surface area contributed by atoms with Crippen molar-refractivity contribution in [3.8, 4) is 0 Å². The van der Waals surface area contributed by atoms with Crippen LogP contribution in [-0.2, 0) is 4.79 Å². The standard InChI is InChI=1S/C20H27N3OSi/c1-11-7-8-17(13(3)9-11)23-22-16(6)20(24)21-18-10-12(2)14(4)15(5)19(18)25/h7-10,16H,1-6,25H3,(H,21,24). The van der Waals surface area contributed by atoms with Gasteiger partial charge in [0.1, 0.15) is 6.04 Å². The van der Waals surface area contributed by atoms with Gasteiger partial charge in [0.15, 0.2) is 0 Å². The smallest absolute Gasteiger partial charge is 0.250 e. The molecule has 1 N–H and O–H groups in total. The summed E-state index contributed by atoms with van der Waals surface area (Å²) in [6.45, 7) is 12.1. The van der Waals surface area contributed by atoms with Gasteiger partial charge in [0.25, 0.3) is 5.91 Å². The van der Waals surface area contributed by atoms with Crippen LogP contribution in [0.5, 0.6) is 0 Å². The van der Waals surface area contributed by atoms with Gasteiger partial charge in [-0.05, 0) is 81.1 Å². The Hall–Kier alpha value is -2.27. The Morgan fingerprint density at radius 3 is 2.36 bits per heavy atom. The molecule has 25 heavy (non-hydrogen) atoms. The number of anilines is 1. The highest BCUT2D eigenvalue weighted by atomic mass is 28.1. The quantitative estimate of drug-likeness (QED) is 0.665. The fourth-order valence-corrected chi connectivity index (χ4v) is 3.34. The zero-order valence-electron chi connectivity index (χ0n) is 16.2. The average molecular weight is 354 g/mol. The van der Waals surface area contributed by atoms with E-state index in [1.54, 1.807) is 6.92 Å². The summed E-state index contributed by atoms with van der Waals surface area (Å²) >= 11 is 0. The van der Waals surface area contributed by atoms with Crippen molar-refractivity contribution in [3.63, 3.8) is 0 Å². The molecule has 0 spiro atoms. The third kappa shape index (κ3) is 4.42. The molecule has 1 atom stereocenters. The zero-order chi connectivity index (χ0) is 18.7. The van der Waals surface area contributed by atoms with Crippen LogP contribution in [0, 0.1) is 34.6 Å². The van der Waals surface area contributed by atoms with Crippen LogP contribution in [0.4, 0.5) is 11.4 Å². The highest BCUT2D eigenvalue weighted by Gasteiger charge is 2.15. The lowest BCUT2D eigenvalue weighted by atomic mass is 10.0. The monoisotopic (exact) mass is 353 g/mol. The third-order valence-electron chi connectivity index (χ3n) is 4.81. The van der Waals surface area contributed by atoms with Crippen molar-refractivity contribution < 1.29 is 4.79 Å². The molecule has 132 valence electrons. The van der Waals surface area contributed by atoms with E-state index in [2.05, 4.69) is 48.4 Å². The lowest BCUT2D eigenvalue weighted by Gasteiger charge is -2.16. The number of hydrogen-bond donors (Lipinski definition) is 1. The molecule has 0 bridgehead atoms. The molecule has 1 amide bonds. The third-order valence-corrected chi connectivity index (χ3v) is 6.10. The minimum Gasteiger partial charge on any atom is -0.324 e. The van der Waals surface area contributed by atoms with E-state index < -0.39 is 6.04 Å². The highest BCUT2D eigenvalue weighted by Crippen LogP contribution is 2.21. The summed E-state index contributed by atoms with van der Waals surface area (Å²) in [6, 6.07) is 7.50. The number of nitrogens with zero attached hydrogens (tertiary/aromatic N) is 2. The summed E-state index contributed by atoms with van der Waals surface area (Å²) in [5.74, 6) is -0.131. The number of nitrogens with one attached hydrogen (secondary N) is 1. The highest BCUT2D eigenvalue weighted by molar-refractivity contribution is 6.37. The molecule has 0 aromatic heterocycles. The first-order chi connectivity index (χ1) is 11.7. The Balaban J connectivity index is 2.14. The van der Waals surface area contributed by atoms with Crippen LogP contribution < -0.4 is 10.5 Å². The molecule has 0 saturated heterocycles. The molecule has 2 aromatic rings. The number of amides is 1. The predicted molar refractivity (Wildman–Crippen MR) is 109 cm³/mol. The van der Waals surface area contributed by atoms with E-state index in [-0.39, 0.29) is 5.91 Å². The van der Waals surface area contributed by atoms with Crippen molar-refractivity contribution in [1.82, 2.24) is 0 Å². The van der Waals surface area contributed by atoms with Gasteiger partial charge in [-0.1, -0.05) is 17.7 Å². The van der Waals surface area contributed by atoms with Crippen LogP contribution in [0.15, 0.2) is 34.5 Å². The number of rotatable bonds is 4. The fourth-order valence-electron chi connectivity index (χ4n) is 2.70. The lowest BCUT2D eigenvalue weighted by Crippen LogP contribution is -2.27. The molecule has 4 nitrogen and oxygen atoms in total. The molecule has 0 radical (unpaired) electrons. The number of carbonyl (C=O) groups is 1. The molecular weight excluding hydrogens is 326 g/mol. The van der Waals surface area contributed by atoms with E-state index in [1.165, 1.54) is 27.4 Å². The Kier molecular flexibility index (Phi) is 5.90. The van der Waals surface area contributed by atoms with Crippen molar-refractivity contribution >= 4 is 32.7 Å². The first-order valence-corrected chi connectivity index (χ1v) is 9.57. The van der Waals surface area contributed by atoms with Crippen LogP contribution >= 0.6 is 0 Å². The average Bonchev–Trinajstić information content (AvgIpc) is 2.56. The lowest BCUT2D eigenvalue weighted by molar-refractivity contribution is -0.117. The first kappa shape index (κ1) is 19.1. The topological polar surface area (TPSA) is 53.8 Å². The van der Waals surface area contributed by atoms with E-state index in [4.69, 9.17) is 0 Å². The molecular formula is C20H27N3OSi. The molecule has 0 heterocycles. The largest absolute Gasteiger partial charge is 0.324 e. The second-order valence-electron chi connectivity index (χ2n) is 6.79. The first-order valence-electron chi connectivity index (χ1n) is 8.57. The molecule has 1 unspecified atom stereocenters. The van der Waals surface area contributed by atoms with E-state index in [1.807, 2.05) is 26.0 Å². The van der Waals surface area contributed by atoms with Crippen molar-refractivity contribution in [3.05, 3.63) is 52.1 Å². The van der Waals surface area contributed by atoms with Crippen molar-refractivity contribution in [1.29, 1.82) is 0 Å². The van der Waals surface area contributed by atoms with Crippen molar-refractivity contribution in [2.75, 3.05) is 5.32 Å². The number of carbonyl (C=O) groups excluding carboxylic acids is 1. The number of hydrogen-bond acceptors (Lipinski definition) is 3. The van der Waals surface area contributed by atoms with Crippen molar-refractivity contribution in [2.45, 2.75) is 47.6 Å². The molecule has 0 fully saturated rings. The summed E-state index contributed by atoms with van der Waals surface area (Å²) < 4.78 is 0. The number of benzene rings is 2. The van der Waals surface area contributed by atoms with Crippen LogP contribution in [0.3, 0.4) is 0 Å². The minimum absolute atomic E-state index is 0.131. The number of azo groups is 1. The minimum atomic E-state index is -0.538. The van der Waals surface area contributed by atoms with E-state index in [9.17, 15) is 4.79 Å². The number of aryl methyl sites for hydroxylation is 3. The van der Waals surface area contributed by atoms with Gasteiger partial charge in [-0.15, -0.1) is 0 Å². The van der Waals surface area contributed by atoms with Crippen LogP contribution in [0.25, 0.3) is 0 Å². The summed E-state index contributed by atoms with van der Waals surface area (Å²) in [5.41, 5.74) is 7.71. The van der Waals surface area contributed by atoms with E-state index in [0.29, 0.717) is 0 Å². The van der Waals surface area contributed by atoms with Gasteiger partial charge < -0.3 is 5.32 Å². The van der Waals surface area contributed by atoms with Gasteiger partial charge in [-0.2, -0.15) is 10.2 Å². The van der Waals surface area contributed by atoms with Gasteiger partial charge in [0.05, 0.1) is 5.69 Å². The van der Waals surface area contributed by atoms with Crippen LogP contribution in [0.1, 0.15) is 34.7 Å². The van der Waals surface area contributed by atoms with E-state index in [0.717, 1.165) is 27.2 Å². The molecule has 2 rings (SSSR count). The maximum Gasteiger partial charge on any atom is 0.250 e. The summed E-state index contributed by atoms with van der Waals surface area (Å²) in [5, 5.41) is 12.7. The Morgan fingerprint density at radius 1 is 1.04 bits per heavy atom. The van der Waals surface area contributed by atoms with Gasteiger partial charge >= 0.3 is 0 Å². The SMILES string of the molecule is Cc1ccc(N=NC(C)C(=O)Nc2cc(C)c(C)c(C)c2[SiH3])c(C)c1. The normalized spacial score (nSPS) is 12.6. The van der Waals surface area contributed by atoms with Crippen LogP contribution in [-0.4, -0.2) is 22.2 Å². The van der Waals surface area contributed by atoms with E-state index >= 15 is 0 Å². The molecule has 0 saturated carbocycles. The van der Waals surface area contributed by atoms with Gasteiger partial charge in [-0.25, -0.2) is 0 Å². The second-order valence-corrected chi connectivity index (χ2v) is 7.79. The summed E-state index contributed by atoms with van der Waals surface area (Å²) in [7, 11) is 0.887. The zero-order valence-corrected chi connectivity index (χ0v) is 18.2. The summed E-state index contributed by atoms with van der Waals surface area (Å²) in [6.07, 6.45) is 0. The fraction of sp³-hybridized carbons (Fsp3) is 0.350. The molecule has 0 aliphatic rings. The second kappa shape index (κ2) is 7.74. The van der Waals surface area contributed by atoms with Gasteiger partial charge in [0, 0.05) is 15.9 Å². The maximum absolute atomic E-state index is 12.5. The van der Waals surface area contributed by atoms with Crippen LogP contribution in [0.2, 0.25) is 0 Å². The van der Waals surface area contributed by atoms with Gasteiger partial charge in [-0.3, -0.25) is 4.79 Å². The van der Waals surface area contributed by atoms with Gasteiger partial charge in [0.2, 0.25) is 0 Å².